The Morgan fingerprint density at radius 3 is 2.30 bits per heavy atom. The number of benzene rings is 1. The average molecular weight is 282 g/mol. The molecular weight excluding hydrogens is 258 g/mol. The first kappa shape index (κ1) is 15.2. The molecule has 1 aromatic carbocycles. The summed E-state index contributed by atoms with van der Waals surface area (Å²) in [5, 5.41) is 3.17. The van der Waals surface area contributed by atoms with Gasteiger partial charge in [-0.25, -0.2) is 8.78 Å². The molecule has 1 saturated heterocycles. The molecule has 0 aliphatic carbocycles. The van der Waals surface area contributed by atoms with Crippen LogP contribution in [0.2, 0.25) is 0 Å². The third-order valence-corrected chi connectivity index (χ3v) is 3.78. The fourth-order valence-corrected chi connectivity index (χ4v) is 2.65. The molecule has 0 saturated carbocycles. The summed E-state index contributed by atoms with van der Waals surface area (Å²) in [5.41, 5.74) is 0.899. The summed E-state index contributed by atoms with van der Waals surface area (Å²) in [6, 6.07) is 3.18. The Labute approximate surface area is 120 Å². The van der Waals surface area contributed by atoms with Gasteiger partial charge >= 0.3 is 0 Å². The van der Waals surface area contributed by atoms with Gasteiger partial charge in [0.1, 0.15) is 17.3 Å². The highest BCUT2D eigenvalue weighted by Gasteiger charge is 2.32. The van der Waals surface area contributed by atoms with E-state index in [0.717, 1.165) is 6.42 Å². The number of nitrogens with zero attached hydrogens (tertiary/aromatic N) is 1. The molecule has 0 amide bonds. The normalized spacial score (nSPS) is 18.1. The first-order valence-electron chi connectivity index (χ1n) is 7.25. The van der Waals surface area contributed by atoms with E-state index in [1.54, 1.807) is 0 Å². The van der Waals surface area contributed by atoms with Crippen LogP contribution in [0.4, 0.5) is 14.5 Å². The van der Waals surface area contributed by atoms with E-state index in [2.05, 4.69) is 19.2 Å². The second-order valence-electron chi connectivity index (χ2n) is 6.78. The number of hydrogen-bond acceptors (Lipinski definition) is 2. The molecule has 1 aromatic rings. The zero-order valence-electron chi connectivity index (χ0n) is 12.8. The lowest BCUT2D eigenvalue weighted by atomic mass is 9.93. The van der Waals surface area contributed by atoms with Crippen LogP contribution in [0.5, 0.6) is 0 Å². The monoisotopic (exact) mass is 282 g/mol. The van der Waals surface area contributed by atoms with Crippen molar-refractivity contribution in [2.45, 2.75) is 46.7 Å². The first-order valence-corrected chi connectivity index (χ1v) is 7.25. The SMILES string of the molecule is CC(C)NCc1cc(F)c(N2CCC(C)(C)C2)c(F)c1. The third kappa shape index (κ3) is 3.48. The van der Waals surface area contributed by atoms with E-state index in [9.17, 15) is 8.78 Å². The third-order valence-electron chi connectivity index (χ3n) is 3.78. The Hall–Kier alpha value is -1.16. The van der Waals surface area contributed by atoms with Crippen molar-refractivity contribution in [1.82, 2.24) is 5.32 Å². The van der Waals surface area contributed by atoms with Gasteiger partial charge in [0.05, 0.1) is 0 Å². The van der Waals surface area contributed by atoms with E-state index in [1.807, 2.05) is 18.7 Å². The molecule has 1 aliphatic heterocycles. The highest BCUT2D eigenvalue weighted by molar-refractivity contribution is 5.52. The van der Waals surface area contributed by atoms with Crippen molar-refractivity contribution in [2.24, 2.45) is 5.41 Å². The van der Waals surface area contributed by atoms with Crippen LogP contribution >= 0.6 is 0 Å². The summed E-state index contributed by atoms with van der Waals surface area (Å²) in [6.45, 7) is 10.2. The summed E-state index contributed by atoms with van der Waals surface area (Å²) in [4.78, 5) is 1.82. The van der Waals surface area contributed by atoms with Gasteiger partial charge in [-0.3, -0.25) is 0 Å². The largest absolute Gasteiger partial charge is 0.366 e. The molecule has 1 N–H and O–H groups in total. The molecule has 1 fully saturated rings. The fourth-order valence-electron chi connectivity index (χ4n) is 2.65. The van der Waals surface area contributed by atoms with Crippen LogP contribution in [0, 0.1) is 17.0 Å². The number of anilines is 1. The van der Waals surface area contributed by atoms with Gasteiger partial charge in [-0.2, -0.15) is 0 Å². The zero-order chi connectivity index (χ0) is 14.9. The summed E-state index contributed by atoms with van der Waals surface area (Å²) in [7, 11) is 0. The van der Waals surface area contributed by atoms with Crippen LogP contribution in [0.3, 0.4) is 0 Å². The summed E-state index contributed by atoms with van der Waals surface area (Å²) >= 11 is 0. The van der Waals surface area contributed by atoms with Gasteiger partial charge < -0.3 is 10.2 Å². The molecule has 0 atom stereocenters. The van der Waals surface area contributed by atoms with Crippen molar-refractivity contribution in [3.8, 4) is 0 Å². The standard InChI is InChI=1S/C16H24F2N2/c1-11(2)19-9-12-7-13(17)15(14(18)8-12)20-6-5-16(3,4)10-20/h7-8,11,19H,5-6,9-10H2,1-4H3. The van der Waals surface area contributed by atoms with Gasteiger partial charge in [0, 0.05) is 25.7 Å². The van der Waals surface area contributed by atoms with Crippen LogP contribution in [0.25, 0.3) is 0 Å². The number of rotatable bonds is 4. The highest BCUT2D eigenvalue weighted by Crippen LogP contribution is 2.35. The van der Waals surface area contributed by atoms with Crippen molar-refractivity contribution in [1.29, 1.82) is 0 Å². The van der Waals surface area contributed by atoms with Crippen LogP contribution < -0.4 is 10.2 Å². The molecule has 4 heteroatoms. The predicted molar refractivity (Wildman–Crippen MR) is 78.9 cm³/mol. The van der Waals surface area contributed by atoms with Gasteiger partial charge in [0.25, 0.3) is 0 Å². The molecule has 0 spiro atoms. The zero-order valence-corrected chi connectivity index (χ0v) is 12.8. The van der Waals surface area contributed by atoms with E-state index < -0.39 is 11.6 Å². The van der Waals surface area contributed by atoms with Crippen molar-refractivity contribution < 1.29 is 8.78 Å². The molecule has 0 radical (unpaired) electrons. The lowest BCUT2D eigenvalue weighted by Crippen LogP contribution is -2.25. The Morgan fingerprint density at radius 1 is 1.25 bits per heavy atom. The van der Waals surface area contributed by atoms with Crippen LogP contribution in [0.1, 0.15) is 39.7 Å². The minimum Gasteiger partial charge on any atom is -0.366 e. The maximum atomic E-state index is 14.2. The Balaban J connectivity index is 2.19. The molecule has 0 aromatic heterocycles. The van der Waals surface area contributed by atoms with Crippen LogP contribution in [-0.4, -0.2) is 19.1 Å². The quantitative estimate of drug-likeness (QED) is 0.906. The summed E-state index contributed by atoms with van der Waals surface area (Å²) in [5.74, 6) is -0.911. The van der Waals surface area contributed by atoms with Gasteiger partial charge in [-0.1, -0.05) is 27.7 Å². The molecule has 0 bridgehead atoms. The van der Waals surface area contributed by atoms with Crippen molar-refractivity contribution >= 4 is 5.69 Å². The maximum absolute atomic E-state index is 14.2. The minimum absolute atomic E-state index is 0.122. The van der Waals surface area contributed by atoms with Gasteiger partial charge in [0.2, 0.25) is 0 Å². The smallest absolute Gasteiger partial charge is 0.149 e. The molecule has 2 rings (SSSR count). The molecule has 1 aliphatic rings. The maximum Gasteiger partial charge on any atom is 0.149 e. The van der Waals surface area contributed by atoms with Crippen LogP contribution in [-0.2, 0) is 6.54 Å². The number of nitrogens with one attached hydrogen (secondary N) is 1. The van der Waals surface area contributed by atoms with Crippen molar-refractivity contribution in [2.75, 3.05) is 18.0 Å². The Bertz CT molecular complexity index is 460. The van der Waals surface area contributed by atoms with E-state index in [0.29, 0.717) is 31.2 Å². The molecule has 20 heavy (non-hydrogen) atoms. The fraction of sp³-hybridized carbons (Fsp3) is 0.625. The summed E-state index contributed by atoms with van der Waals surface area (Å²) < 4.78 is 28.5. The molecule has 112 valence electrons. The second-order valence-corrected chi connectivity index (χ2v) is 6.78. The lowest BCUT2D eigenvalue weighted by molar-refractivity contribution is 0.417. The van der Waals surface area contributed by atoms with E-state index in [-0.39, 0.29) is 11.1 Å². The van der Waals surface area contributed by atoms with Gasteiger partial charge in [-0.05, 0) is 29.5 Å². The lowest BCUT2D eigenvalue weighted by Gasteiger charge is -2.23. The first-order chi connectivity index (χ1) is 9.28. The average Bonchev–Trinajstić information content (AvgIpc) is 2.66. The van der Waals surface area contributed by atoms with E-state index >= 15 is 0 Å². The molecular formula is C16H24F2N2. The Morgan fingerprint density at radius 2 is 1.85 bits per heavy atom. The Kier molecular flexibility index (Phi) is 4.33. The predicted octanol–water partition coefficient (Wildman–Crippen LogP) is 3.70. The minimum atomic E-state index is -0.455. The van der Waals surface area contributed by atoms with Crippen molar-refractivity contribution in [3.05, 3.63) is 29.3 Å². The molecule has 2 nitrogen and oxygen atoms in total. The number of hydrogen-bond donors (Lipinski definition) is 1. The topological polar surface area (TPSA) is 15.3 Å². The number of halogens is 2. The van der Waals surface area contributed by atoms with Gasteiger partial charge in [0.15, 0.2) is 0 Å². The van der Waals surface area contributed by atoms with Crippen LogP contribution in [0.15, 0.2) is 12.1 Å². The highest BCUT2D eigenvalue weighted by atomic mass is 19.1. The molecule has 1 heterocycles. The van der Waals surface area contributed by atoms with Gasteiger partial charge in [-0.15, -0.1) is 0 Å². The van der Waals surface area contributed by atoms with E-state index in [1.165, 1.54) is 12.1 Å². The summed E-state index contributed by atoms with van der Waals surface area (Å²) in [6.07, 6.45) is 0.961. The van der Waals surface area contributed by atoms with Crippen molar-refractivity contribution in [3.63, 3.8) is 0 Å². The second kappa shape index (κ2) is 5.68. The van der Waals surface area contributed by atoms with E-state index in [4.69, 9.17) is 0 Å². The molecule has 0 unspecified atom stereocenters.